The number of rotatable bonds is 6. The molecule has 1 aliphatic carbocycles. The number of carbonyl (C=O) groups excluding carboxylic acids is 1. The van der Waals surface area contributed by atoms with E-state index < -0.39 is 0 Å². The van der Waals surface area contributed by atoms with E-state index in [9.17, 15) is 4.79 Å². The molecule has 1 amide bonds. The molecule has 0 heterocycles. The summed E-state index contributed by atoms with van der Waals surface area (Å²) in [5, 5.41) is 0. The van der Waals surface area contributed by atoms with Crippen LogP contribution < -0.4 is 5.73 Å². The normalized spacial score (nSPS) is 26.4. The maximum atomic E-state index is 12.0. The average Bonchev–Trinajstić information content (AvgIpc) is 2.73. The first-order valence-electron chi connectivity index (χ1n) is 10.1. The number of nitrogens with zero attached hydrogens (tertiary/aromatic N) is 2. The summed E-state index contributed by atoms with van der Waals surface area (Å²) >= 11 is 0. The highest BCUT2D eigenvalue weighted by Gasteiger charge is 2.48. The van der Waals surface area contributed by atoms with Crippen molar-refractivity contribution in [3.63, 3.8) is 0 Å². The fourth-order valence-electron chi connectivity index (χ4n) is 4.97. The van der Waals surface area contributed by atoms with Gasteiger partial charge in [-0.15, -0.1) is 0 Å². The van der Waals surface area contributed by atoms with E-state index in [0.29, 0.717) is 0 Å². The van der Waals surface area contributed by atoms with Crippen molar-refractivity contribution in [2.45, 2.75) is 49.7 Å². The van der Waals surface area contributed by atoms with E-state index in [2.05, 4.69) is 78.5 Å². The molecular formula is C24H33N3O. The third-order valence-electron chi connectivity index (χ3n) is 7.05. The zero-order valence-electron chi connectivity index (χ0n) is 17.6. The van der Waals surface area contributed by atoms with Crippen LogP contribution in [0.15, 0.2) is 60.7 Å². The molecule has 2 N–H and O–H groups in total. The van der Waals surface area contributed by atoms with Crippen molar-refractivity contribution in [2.24, 2.45) is 5.73 Å². The number of hydrogen-bond acceptors (Lipinski definition) is 3. The Morgan fingerprint density at radius 3 is 1.61 bits per heavy atom. The largest absolute Gasteiger partial charge is 0.368 e. The van der Waals surface area contributed by atoms with Gasteiger partial charge >= 0.3 is 0 Å². The number of benzene rings is 2. The number of nitrogens with two attached hydrogens (primary N) is 1. The molecule has 1 saturated carbocycles. The Morgan fingerprint density at radius 1 is 0.821 bits per heavy atom. The first-order chi connectivity index (χ1) is 13.3. The zero-order valence-corrected chi connectivity index (χ0v) is 17.6. The lowest BCUT2D eigenvalue weighted by Crippen LogP contribution is -2.57. The van der Waals surface area contributed by atoms with Crippen LogP contribution in [0.1, 0.15) is 43.7 Å². The van der Waals surface area contributed by atoms with Crippen LogP contribution in [0.25, 0.3) is 0 Å². The molecule has 1 fully saturated rings. The Hall–Kier alpha value is -2.17. The first kappa shape index (κ1) is 20.6. The lowest BCUT2D eigenvalue weighted by Gasteiger charge is -2.54. The van der Waals surface area contributed by atoms with Crippen LogP contribution in [0.4, 0.5) is 0 Å². The Labute approximate surface area is 169 Å². The van der Waals surface area contributed by atoms with Crippen molar-refractivity contribution in [1.29, 1.82) is 0 Å². The van der Waals surface area contributed by atoms with Crippen LogP contribution in [0, 0.1) is 0 Å². The molecule has 0 spiro atoms. The van der Waals surface area contributed by atoms with Gasteiger partial charge in [0.2, 0.25) is 5.91 Å². The monoisotopic (exact) mass is 379 g/mol. The van der Waals surface area contributed by atoms with E-state index in [4.69, 9.17) is 5.73 Å². The van der Waals surface area contributed by atoms with Gasteiger partial charge in [0.1, 0.15) is 0 Å². The Kier molecular flexibility index (Phi) is 5.92. The summed E-state index contributed by atoms with van der Waals surface area (Å²) in [5.41, 5.74) is 8.14. The SMILES string of the molecule is CC(C(N)=O)N(C)C1(c2ccccc2)CCC(c2ccccc2)(N(C)C)CC1. The maximum absolute atomic E-state index is 12.0. The Bertz CT molecular complexity index is 780. The standard InChI is InChI=1S/C24H33N3O/c1-19(22(25)28)27(4)24(21-13-9-6-10-14-21)17-15-23(16-18-24,26(2)3)20-11-7-5-8-12-20/h5-14,19H,15-18H2,1-4H3,(H2,25,28). The van der Waals surface area contributed by atoms with Gasteiger partial charge in [0, 0.05) is 11.1 Å². The second-order valence-electron chi connectivity index (χ2n) is 8.38. The third-order valence-corrected chi connectivity index (χ3v) is 7.05. The van der Waals surface area contributed by atoms with E-state index >= 15 is 0 Å². The van der Waals surface area contributed by atoms with Crippen molar-refractivity contribution in [1.82, 2.24) is 9.80 Å². The summed E-state index contributed by atoms with van der Waals surface area (Å²) in [4.78, 5) is 16.6. The van der Waals surface area contributed by atoms with Gasteiger partial charge in [0.15, 0.2) is 0 Å². The van der Waals surface area contributed by atoms with Gasteiger partial charge in [-0.25, -0.2) is 0 Å². The van der Waals surface area contributed by atoms with Gasteiger partial charge in [0.05, 0.1) is 6.04 Å². The van der Waals surface area contributed by atoms with Gasteiger partial charge in [-0.2, -0.15) is 0 Å². The van der Waals surface area contributed by atoms with E-state index in [0.717, 1.165) is 25.7 Å². The minimum absolute atomic E-state index is 0.0103. The highest BCUT2D eigenvalue weighted by atomic mass is 16.1. The smallest absolute Gasteiger partial charge is 0.234 e. The predicted molar refractivity (Wildman–Crippen MR) is 115 cm³/mol. The molecule has 0 aromatic heterocycles. The van der Waals surface area contributed by atoms with Gasteiger partial charge in [-0.1, -0.05) is 60.7 Å². The summed E-state index contributed by atoms with van der Waals surface area (Å²) in [6.07, 6.45) is 3.99. The molecule has 0 radical (unpaired) electrons. The molecule has 0 aliphatic heterocycles. The summed E-state index contributed by atoms with van der Waals surface area (Å²) < 4.78 is 0. The summed E-state index contributed by atoms with van der Waals surface area (Å²) in [7, 11) is 6.41. The average molecular weight is 380 g/mol. The van der Waals surface area contributed by atoms with Crippen molar-refractivity contribution in [3.05, 3.63) is 71.8 Å². The number of hydrogen-bond donors (Lipinski definition) is 1. The van der Waals surface area contributed by atoms with Crippen LogP contribution in [0.5, 0.6) is 0 Å². The van der Waals surface area contributed by atoms with Crippen LogP contribution in [-0.2, 0) is 15.9 Å². The Balaban J connectivity index is 2.00. The molecule has 150 valence electrons. The van der Waals surface area contributed by atoms with Crippen molar-refractivity contribution in [2.75, 3.05) is 21.1 Å². The molecular weight excluding hydrogens is 346 g/mol. The van der Waals surface area contributed by atoms with Crippen LogP contribution in [0.2, 0.25) is 0 Å². The molecule has 3 rings (SSSR count). The molecule has 4 nitrogen and oxygen atoms in total. The van der Waals surface area contributed by atoms with Crippen molar-refractivity contribution in [3.8, 4) is 0 Å². The molecule has 0 bridgehead atoms. The summed E-state index contributed by atoms with van der Waals surface area (Å²) in [5.74, 6) is -0.273. The van der Waals surface area contributed by atoms with Crippen LogP contribution in [0.3, 0.4) is 0 Å². The quantitative estimate of drug-likeness (QED) is 0.832. The van der Waals surface area contributed by atoms with Crippen LogP contribution in [-0.4, -0.2) is 42.9 Å². The van der Waals surface area contributed by atoms with Gasteiger partial charge in [-0.05, 0) is 64.9 Å². The van der Waals surface area contributed by atoms with Gasteiger partial charge in [-0.3, -0.25) is 14.6 Å². The third kappa shape index (κ3) is 3.47. The summed E-state index contributed by atoms with van der Waals surface area (Å²) in [6.45, 7) is 1.91. The molecule has 1 unspecified atom stereocenters. The number of likely N-dealkylation sites (N-methyl/N-ethyl adjacent to an activating group) is 1. The lowest BCUT2D eigenvalue weighted by atomic mass is 9.65. The van der Waals surface area contributed by atoms with Crippen molar-refractivity contribution < 1.29 is 4.79 Å². The van der Waals surface area contributed by atoms with Gasteiger partial charge in [0.25, 0.3) is 0 Å². The van der Waals surface area contributed by atoms with Crippen LogP contribution >= 0.6 is 0 Å². The fraction of sp³-hybridized carbons (Fsp3) is 0.458. The molecule has 28 heavy (non-hydrogen) atoms. The minimum Gasteiger partial charge on any atom is -0.368 e. The highest BCUT2D eigenvalue weighted by Crippen LogP contribution is 2.50. The van der Waals surface area contributed by atoms with E-state index in [1.807, 2.05) is 20.0 Å². The molecule has 1 atom stereocenters. The fourth-order valence-corrected chi connectivity index (χ4v) is 4.97. The number of carbonyl (C=O) groups is 1. The van der Waals surface area contributed by atoms with E-state index in [-0.39, 0.29) is 23.0 Å². The second-order valence-corrected chi connectivity index (χ2v) is 8.38. The summed E-state index contributed by atoms with van der Waals surface area (Å²) in [6, 6.07) is 21.1. The number of primary amides is 1. The molecule has 2 aromatic rings. The topological polar surface area (TPSA) is 49.6 Å². The second kappa shape index (κ2) is 8.06. The zero-order chi connectivity index (χ0) is 20.4. The Morgan fingerprint density at radius 2 is 1.21 bits per heavy atom. The minimum atomic E-state index is -0.316. The molecule has 1 aliphatic rings. The van der Waals surface area contributed by atoms with E-state index in [1.54, 1.807) is 0 Å². The molecule has 4 heteroatoms. The van der Waals surface area contributed by atoms with Crippen molar-refractivity contribution >= 4 is 5.91 Å². The van der Waals surface area contributed by atoms with Gasteiger partial charge < -0.3 is 5.73 Å². The maximum Gasteiger partial charge on any atom is 0.234 e. The van der Waals surface area contributed by atoms with E-state index in [1.165, 1.54) is 11.1 Å². The molecule has 0 saturated heterocycles. The molecule has 2 aromatic carbocycles. The highest BCUT2D eigenvalue weighted by molar-refractivity contribution is 5.79. The number of amides is 1. The predicted octanol–water partition coefficient (Wildman–Crippen LogP) is 3.72. The first-order valence-corrected chi connectivity index (χ1v) is 10.1. The lowest BCUT2D eigenvalue weighted by molar-refractivity contribution is -0.126.